The number of carbonyl (C=O) groups excluding carboxylic acids is 1. The van der Waals surface area contributed by atoms with E-state index in [1.54, 1.807) is 6.07 Å². The Bertz CT molecular complexity index is 721. The molecule has 23 heavy (non-hydrogen) atoms. The van der Waals surface area contributed by atoms with Gasteiger partial charge < -0.3 is 15.2 Å². The predicted octanol–water partition coefficient (Wildman–Crippen LogP) is 4.05. The molecule has 1 aromatic carbocycles. The highest BCUT2D eigenvalue weighted by Crippen LogP contribution is 2.28. The van der Waals surface area contributed by atoms with Crippen molar-refractivity contribution >= 4 is 28.9 Å². The number of amides is 1. The second-order valence-electron chi connectivity index (χ2n) is 5.27. The number of anilines is 1. The van der Waals surface area contributed by atoms with E-state index in [2.05, 4.69) is 5.32 Å². The number of carbonyl (C=O) groups is 2. The van der Waals surface area contributed by atoms with Gasteiger partial charge in [-0.05, 0) is 55.5 Å². The van der Waals surface area contributed by atoms with E-state index in [0.717, 1.165) is 12.0 Å². The number of carboxylic acids is 1. The zero-order valence-corrected chi connectivity index (χ0v) is 14.1. The van der Waals surface area contributed by atoms with Crippen molar-refractivity contribution in [2.45, 2.75) is 33.3 Å². The highest BCUT2D eigenvalue weighted by Gasteiger charge is 2.17. The first-order valence-corrected chi connectivity index (χ1v) is 8.22. The summed E-state index contributed by atoms with van der Waals surface area (Å²) in [5, 5.41) is 13.8. The first kappa shape index (κ1) is 17.0. The van der Waals surface area contributed by atoms with E-state index in [-0.39, 0.29) is 17.6 Å². The standard InChI is InChI=1S/C17H19NO4S/c1-4-11-7-8-23-15(11)16(19)18-13-9-12(17(20)21)5-6-14(13)22-10(2)3/h5-10H,4H2,1-3H3,(H,18,19)(H,20,21). The zero-order chi connectivity index (χ0) is 17.0. The minimum absolute atomic E-state index is 0.0886. The highest BCUT2D eigenvalue weighted by atomic mass is 32.1. The summed E-state index contributed by atoms with van der Waals surface area (Å²) < 4.78 is 5.65. The van der Waals surface area contributed by atoms with Crippen LogP contribution in [-0.2, 0) is 6.42 Å². The van der Waals surface area contributed by atoms with E-state index in [1.165, 1.54) is 23.5 Å². The van der Waals surface area contributed by atoms with E-state index in [1.807, 2.05) is 32.2 Å². The van der Waals surface area contributed by atoms with Crippen LogP contribution in [0.4, 0.5) is 5.69 Å². The van der Waals surface area contributed by atoms with E-state index < -0.39 is 5.97 Å². The molecule has 2 rings (SSSR count). The number of carboxylic acid groups (broad SMARTS) is 1. The smallest absolute Gasteiger partial charge is 0.335 e. The van der Waals surface area contributed by atoms with Gasteiger partial charge in [0.25, 0.3) is 5.91 Å². The fraction of sp³-hybridized carbons (Fsp3) is 0.294. The SMILES string of the molecule is CCc1ccsc1C(=O)Nc1cc(C(=O)O)ccc1OC(C)C. The number of benzene rings is 1. The molecular formula is C17H19NO4S. The number of thiophene rings is 1. The van der Waals surface area contributed by atoms with Gasteiger partial charge in [-0.2, -0.15) is 0 Å². The van der Waals surface area contributed by atoms with E-state index in [9.17, 15) is 9.59 Å². The molecule has 0 saturated heterocycles. The van der Waals surface area contributed by atoms with Crippen LogP contribution < -0.4 is 10.1 Å². The molecule has 1 aromatic heterocycles. The van der Waals surface area contributed by atoms with Crippen molar-refractivity contribution in [3.05, 3.63) is 45.6 Å². The van der Waals surface area contributed by atoms with Crippen LogP contribution in [-0.4, -0.2) is 23.1 Å². The third-order valence-corrected chi connectivity index (χ3v) is 4.13. The Morgan fingerprint density at radius 3 is 2.65 bits per heavy atom. The van der Waals surface area contributed by atoms with Crippen molar-refractivity contribution in [1.29, 1.82) is 0 Å². The maximum Gasteiger partial charge on any atom is 0.335 e. The Morgan fingerprint density at radius 2 is 2.04 bits per heavy atom. The maximum atomic E-state index is 12.5. The lowest BCUT2D eigenvalue weighted by Crippen LogP contribution is -2.15. The van der Waals surface area contributed by atoms with Crippen LogP contribution in [0.15, 0.2) is 29.6 Å². The Kier molecular flexibility index (Phi) is 5.39. The lowest BCUT2D eigenvalue weighted by Gasteiger charge is -2.15. The summed E-state index contributed by atoms with van der Waals surface area (Å²) in [6.07, 6.45) is 0.672. The molecule has 0 atom stereocenters. The average Bonchev–Trinajstić information content (AvgIpc) is 2.96. The lowest BCUT2D eigenvalue weighted by atomic mass is 10.1. The Morgan fingerprint density at radius 1 is 1.30 bits per heavy atom. The minimum atomic E-state index is -1.05. The molecule has 5 nitrogen and oxygen atoms in total. The van der Waals surface area contributed by atoms with E-state index in [0.29, 0.717) is 16.3 Å². The molecule has 0 aliphatic heterocycles. The van der Waals surface area contributed by atoms with Gasteiger partial charge in [-0.25, -0.2) is 4.79 Å². The Hall–Kier alpha value is -2.34. The topological polar surface area (TPSA) is 75.6 Å². The third kappa shape index (κ3) is 4.10. The number of hydrogen-bond acceptors (Lipinski definition) is 4. The molecule has 2 aromatic rings. The predicted molar refractivity (Wildman–Crippen MR) is 90.8 cm³/mol. The maximum absolute atomic E-state index is 12.5. The van der Waals surface area contributed by atoms with Crippen LogP contribution in [0.5, 0.6) is 5.75 Å². The van der Waals surface area contributed by atoms with Gasteiger partial charge in [0, 0.05) is 0 Å². The van der Waals surface area contributed by atoms with Gasteiger partial charge in [-0.3, -0.25) is 4.79 Å². The second-order valence-corrected chi connectivity index (χ2v) is 6.18. The van der Waals surface area contributed by atoms with Gasteiger partial charge >= 0.3 is 5.97 Å². The van der Waals surface area contributed by atoms with Crippen molar-refractivity contribution < 1.29 is 19.4 Å². The van der Waals surface area contributed by atoms with Crippen LogP contribution >= 0.6 is 11.3 Å². The molecular weight excluding hydrogens is 314 g/mol. The molecule has 122 valence electrons. The molecule has 0 saturated carbocycles. The zero-order valence-electron chi connectivity index (χ0n) is 13.3. The van der Waals surface area contributed by atoms with Gasteiger partial charge in [-0.1, -0.05) is 6.92 Å². The largest absolute Gasteiger partial charge is 0.489 e. The van der Waals surface area contributed by atoms with Crippen LogP contribution in [0.1, 0.15) is 46.4 Å². The average molecular weight is 333 g/mol. The quantitative estimate of drug-likeness (QED) is 0.836. The minimum Gasteiger partial charge on any atom is -0.489 e. The van der Waals surface area contributed by atoms with Crippen molar-refractivity contribution in [3.63, 3.8) is 0 Å². The summed E-state index contributed by atoms with van der Waals surface area (Å²) >= 11 is 1.36. The van der Waals surface area contributed by atoms with Gasteiger partial charge in [0.1, 0.15) is 5.75 Å². The molecule has 1 amide bonds. The molecule has 2 N–H and O–H groups in total. The summed E-state index contributed by atoms with van der Waals surface area (Å²) in [6.45, 7) is 5.72. The molecule has 6 heteroatoms. The fourth-order valence-corrected chi connectivity index (χ4v) is 3.00. The number of rotatable bonds is 6. The fourth-order valence-electron chi connectivity index (χ4n) is 2.11. The van der Waals surface area contributed by atoms with Gasteiger partial charge in [0.2, 0.25) is 0 Å². The summed E-state index contributed by atoms with van der Waals surface area (Å²) in [5.41, 5.74) is 1.42. The second kappa shape index (κ2) is 7.28. The van der Waals surface area contributed by atoms with Crippen molar-refractivity contribution in [2.75, 3.05) is 5.32 Å². The van der Waals surface area contributed by atoms with E-state index >= 15 is 0 Å². The van der Waals surface area contributed by atoms with E-state index in [4.69, 9.17) is 9.84 Å². The highest BCUT2D eigenvalue weighted by molar-refractivity contribution is 7.12. The van der Waals surface area contributed by atoms with Gasteiger partial charge in [0.05, 0.1) is 22.2 Å². The normalized spacial score (nSPS) is 10.6. The third-order valence-electron chi connectivity index (χ3n) is 3.17. The van der Waals surface area contributed by atoms with Crippen LogP contribution in [0.2, 0.25) is 0 Å². The monoisotopic (exact) mass is 333 g/mol. The van der Waals surface area contributed by atoms with Crippen LogP contribution in [0, 0.1) is 0 Å². The molecule has 0 radical (unpaired) electrons. The molecule has 0 aliphatic carbocycles. The van der Waals surface area contributed by atoms with Crippen molar-refractivity contribution in [2.24, 2.45) is 0 Å². The summed E-state index contributed by atoms with van der Waals surface area (Å²) in [7, 11) is 0. The van der Waals surface area contributed by atoms with Gasteiger partial charge in [0.15, 0.2) is 0 Å². The molecule has 0 spiro atoms. The van der Waals surface area contributed by atoms with Crippen molar-refractivity contribution in [3.8, 4) is 5.75 Å². The number of nitrogens with one attached hydrogen (secondary N) is 1. The Balaban J connectivity index is 2.34. The summed E-state index contributed by atoms with van der Waals surface area (Å²) in [5.74, 6) is -0.858. The van der Waals surface area contributed by atoms with Gasteiger partial charge in [-0.15, -0.1) is 11.3 Å². The van der Waals surface area contributed by atoms with Crippen molar-refractivity contribution in [1.82, 2.24) is 0 Å². The first-order chi connectivity index (χ1) is 10.9. The Labute approximate surface area is 138 Å². The molecule has 0 unspecified atom stereocenters. The number of hydrogen-bond donors (Lipinski definition) is 2. The molecule has 1 heterocycles. The van der Waals surface area contributed by atoms with Crippen LogP contribution in [0.25, 0.3) is 0 Å². The summed E-state index contributed by atoms with van der Waals surface area (Å²) in [4.78, 5) is 24.2. The first-order valence-electron chi connectivity index (χ1n) is 7.34. The number of aromatic carboxylic acids is 1. The molecule has 0 fully saturated rings. The van der Waals surface area contributed by atoms with Crippen LogP contribution in [0.3, 0.4) is 0 Å². The summed E-state index contributed by atoms with van der Waals surface area (Å²) in [6, 6.07) is 6.35. The molecule has 0 bridgehead atoms. The molecule has 0 aliphatic rings. The number of ether oxygens (including phenoxy) is 1. The lowest BCUT2D eigenvalue weighted by molar-refractivity contribution is 0.0696. The number of aryl methyl sites for hydroxylation is 1.